The number of Topliss-reactive ketones (excluding diaryl/α,β-unsaturated/α-hetero) is 1. The molecule has 1 saturated carbocycles. The highest BCUT2D eigenvalue weighted by molar-refractivity contribution is 7.99. The maximum Gasteiger partial charge on any atom is 0.192 e. The minimum Gasteiger partial charge on any atom is -0.299 e. The molecule has 0 amide bonds. The van der Waals surface area contributed by atoms with Crippen LogP contribution >= 0.6 is 11.8 Å². The summed E-state index contributed by atoms with van der Waals surface area (Å²) in [7, 11) is 0. The van der Waals surface area contributed by atoms with E-state index in [2.05, 4.69) is 19.7 Å². The SMILES string of the molecule is Cc1ccc(C(=O)CSc2nnc(-c3ccncc3)n2C2CCCCC2)cc1. The van der Waals surface area contributed by atoms with Crippen molar-refractivity contribution in [2.45, 2.75) is 50.2 Å². The van der Waals surface area contributed by atoms with Crippen LogP contribution in [-0.4, -0.2) is 31.3 Å². The maximum atomic E-state index is 12.6. The molecule has 0 atom stereocenters. The Morgan fingerprint density at radius 2 is 1.75 bits per heavy atom. The summed E-state index contributed by atoms with van der Waals surface area (Å²) in [5.41, 5.74) is 2.92. The number of rotatable bonds is 6. The van der Waals surface area contributed by atoms with Gasteiger partial charge in [0.2, 0.25) is 0 Å². The fourth-order valence-electron chi connectivity index (χ4n) is 3.69. The van der Waals surface area contributed by atoms with E-state index in [-0.39, 0.29) is 5.78 Å². The Morgan fingerprint density at radius 1 is 1.04 bits per heavy atom. The number of nitrogens with zero attached hydrogens (tertiary/aromatic N) is 4. The van der Waals surface area contributed by atoms with Gasteiger partial charge in [-0.25, -0.2) is 0 Å². The lowest BCUT2D eigenvalue weighted by molar-refractivity contribution is 0.102. The maximum absolute atomic E-state index is 12.6. The highest BCUT2D eigenvalue weighted by atomic mass is 32.2. The molecule has 4 rings (SSSR count). The van der Waals surface area contributed by atoms with Gasteiger partial charge in [0, 0.05) is 29.6 Å². The molecule has 28 heavy (non-hydrogen) atoms. The van der Waals surface area contributed by atoms with Gasteiger partial charge in [-0.15, -0.1) is 10.2 Å². The number of aromatic nitrogens is 4. The van der Waals surface area contributed by atoms with Gasteiger partial charge < -0.3 is 0 Å². The molecule has 1 aliphatic rings. The van der Waals surface area contributed by atoms with Crippen LogP contribution in [0, 0.1) is 6.92 Å². The summed E-state index contributed by atoms with van der Waals surface area (Å²) in [6, 6.07) is 12.1. The van der Waals surface area contributed by atoms with Crippen LogP contribution in [0.5, 0.6) is 0 Å². The standard InChI is InChI=1S/C22H24N4OS/c1-16-7-9-17(10-8-16)20(27)15-28-22-25-24-21(18-11-13-23-14-12-18)26(22)19-5-3-2-4-6-19/h7-14,19H,2-6,15H2,1H3. The van der Waals surface area contributed by atoms with Crippen LogP contribution < -0.4 is 0 Å². The van der Waals surface area contributed by atoms with E-state index >= 15 is 0 Å². The molecule has 144 valence electrons. The molecule has 0 radical (unpaired) electrons. The second kappa shape index (κ2) is 8.69. The van der Waals surface area contributed by atoms with Crippen LogP contribution in [0.15, 0.2) is 53.9 Å². The zero-order chi connectivity index (χ0) is 19.3. The zero-order valence-electron chi connectivity index (χ0n) is 16.0. The minimum absolute atomic E-state index is 0.119. The fourth-order valence-corrected chi connectivity index (χ4v) is 4.59. The Labute approximate surface area is 169 Å². The van der Waals surface area contributed by atoms with Gasteiger partial charge in [-0.2, -0.15) is 0 Å². The molecule has 3 aromatic rings. The van der Waals surface area contributed by atoms with Gasteiger partial charge in [0.15, 0.2) is 16.8 Å². The molecular formula is C22H24N4OS. The van der Waals surface area contributed by atoms with Crippen LogP contribution in [0.4, 0.5) is 0 Å². The topological polar surface area (TPSA) is 60.7 Å². The molecule has 5 nitrogen and oxygen atoms in total. The average Bonchev–Trinajstić information content (AvgIpc) is 3.18. The Hall–Kier alpha value is -2.47. The van der Waals surface area contributed by atoms with Gasteiger partial charge in [-0.1, -0.05) is 60.9 Å². The van der Waals surface area contributed by atoms with Crippen molar-refractivity contribution in [3.63, 3.8) is 0 Å². The predicted molar refractivity (Wildman–Crippen MR) is 112 cm³/mol. The molecule has 0 bridgehead atoms. The molecule has 1 aliphatic carbocycles. The van der Waals surface area contributed by atoms with Crippen molar-refractivity contribution in [2.75, 3.05) is 5.75 Å². The number of pyridine rings is 1. The van der Waals surface area contributed by atoms with E-state index in [0.29, 0.717) is 11.8 Å². The van der Waals surface area contributed by atoms with E-state index in [1.54, 1.807) is 12.4 Å². The number of hydrogen-bond donors (Lipinski definition) is 0. The number of hydrogen-bond acceptors (Lipinski definition) is 5. The smallest absolute Gasteiger partial charge is 0.192 e. The summed E-state index contributed by atoms with van der Waals surface area (Å²) in [6.45, 7) is 2.02. The van der Waals surface area contributed by atoms with E-state index in [4.69, 9.17) is 0 Å². The third kappa shape index (κ3) is 4.17. The summed E-state index contributed by atoms with van der Waals surface area (Å²) < 4.78 is 2.25. The molecule has 0 saturated heterocycles. The van der Waals surface area contributed by atoms with E-state index in [9.17, 15) is 4.79 Å². The Kier molecular flexibility index (Phi) is 5.86. The normalized spacial score (nSPS) is 14.9. The van der Waals surface area contributed by atoms with Crippen LogP contribution in [-0.2, 0) is 0 Å². The first-order valence-corrected chi connectivity index (χ1v) is 10.8. The molecule has 2 heterocycles. The van der Waals surface area contributed by atoms with Gasteiger partial charge in [0.05, 0.1) is 5.75 Å². The van der Waals surface area contributed by atoms with Gasteiger partial charge >= 0.3 is 0 Å². The summed E-state index contributed by atoms with van der Waals surface area (Å²) in [5, 5.41) is 9.76. The lowest BCUT2D eigenvalue weighted by Crippen LogP contribution is -2.15. The first-order chi connectivity index (χ1) is 13.7. The van der Waals surface area contributed by atoms with Crippen LogP contribution in [0.2, 0.25) is 0 Å². The Balaban J connectivity index is 1.58. The predicted octanol–water partition coefficient (Wildman–Crippen LogP) is 5.13. The summed E-state index contributed by atoms with van der Waals surface area (Å²) in [5.74, 6) is 1.36. The molecule has 0 N–H and O–H groups in total. The van der Waals surface area contributed by atoms with Crippen molar-refractivity contribution >= 4 is 17.5 Å². The highest BCUT2D eigenvalue weighted by Gasteiger charge is 2.24. The third-order valence-corrected chi connectivity index (χ3v) is 6.19. The third-order valence-electron chi connectivity index (χ3n) is 5.25. The lowest BCUT2D eigenvalue weighted by Gasteiger charge is -2.25. The van der Waals surface area contributed by atoms with Crippen molar-refractivity contribution in [3.05, 3.63) is 59.9 Å². The van der Waals surface area contributed by atoms with Crippen molar-refractivity contribution in [2.24, 2.45) is 0 Å². The monoisotopic (exact) mass is 392 g/mol. The van der Waals surface area contributed by atoms with Crippen LogP contribution in [0.1, 0.15) is 54.1 Å². The molecular weight excluding hydrogens is 368 g/mol. The van der Waals surface area contributed by atoms with E-state index in [1.807, 2.05) is 43.3 Å². The number of thioether (sulfide) groups is 1. The van der Waals surface area contributed by atoms with E-state index in [1.165, 1.54) is 31.0 Å². The van der Waals surface area contributed by atoms with E-state index in [0.717, 1.165) is 40.5 Å². The summed E-state index contributed by atoms with van der Waals surface area (Å²) in [4.78, 5) is 16.7. The number of benzene rings is 1. The largest absolute Gasteiger partial charge is 0.299 e. The number of aryl methyl sites for hydroxylation is 1. The van der Waals surface area contributed by atoms with Crippen molar-refractivity contribution in [1.29, 1.82) is 0 Å². The number of carbonyl (C=O) groups excluding carboxylic acids is 1. The van der Waals surface area contributed by atoms with Gasteiger partial charge in [-0.05, 0) is 31.9 Å². The fraction of sp³-hybridized carbons (Fsp3) is 0.364. The number of carbonyl (C=O) groups is 1. The van der Waals surface area contributed by atoms with Crippen LogP contribution in [0.3, 0.4) is 0 Å². The molecule has 1 fully saturated rings. The molecule has 1 aromatic carbocycles. The zero-order valence-corrected chi connectivity index (χ0v) is 16.9. The molecule has 0 aliphatic heterocycles. The molecule has 0 unspecified atom stereocenters. The Bertz CT molecular complexity index is 931. The highest BCUT2D eigenvalue weighted by Crippen LogP contribution is 2.35. The first kappa shape index (κ1) is 18.9. The van der Waals surface area contributed by atoms with E-state index < -0.39 is 0 Å². The van der Waals surface area contributed by atoms with Crippen molar-refractivity contribution < 1.29 is 4.79 Å². The minimum atomic E-state index is 0.119. The van der Waals surface area contributed by atoms with Gasteiger partial charge in [0.25, 0.3) is 0 Å². The van der Waals surface area contributed by atoms with Crippen molar-refractivity contribution in [3.8, 4) is 11.4 Å². The number of ketones is 1. The molecule has 2 aromatic heterocycles. The second-order valence-electron chi connectivity index (χ2n) is 7.28. The quantitative estimate of drug-likeness (QED) is 0.430. The Morgan fingerprint density at radius 3 is 2.46 bits per heavy atom. The van der Waals surface area contributed by atoms with Gasteiger partial charge in [-0.3, -0.25) is 14.3 Å². The van der Waals surface area contributed by atoms with Crippen molar-refractivity contribution in [1.82, 2.24) is 19.7 Å². The van der Waals surface area contributed by atoms with Gasteiger partial charge in [0.1, 0.15) is 0 Å². The lowest BCUT2D eigenvalue weighted by atomic mass is 9.95. The second-order valence-corrected chi connectivity index (χ2v) is 8.22. The first-order valence-electron chi connectivity index (χ1n) is 9.80. The summed E-state index contributed by atoms with van der Waals surface area (Å²) >= 11 is 1.49. The molecule has 6 heteroatoms. The average molecular weight is 393 g/mol. The molecule has 0 spiro atoms. The summed E-state index contributed by atoms with van der Waals surface area (Å²) in [6.07, 6.45) is 9.57. The van der Waals surface area contributed by atoms with Crippen LogP contribution in [0.25, 0.3) is 11.4 Å².